The number of hydrogen-bond donors (Lipinski definition) is 1. The zero-order valence-electron chi connectivity index (χ0n) is 10.7. The molecular weight excluding hydrogens is 218 g/mol. The Labute approximate surface area is 102 Å². The number of nitrogens with one attached hydrogen (secondary N) is 1. The van der Waals surface area contributed by atoms with Crippen LogP contribution in [0.2, 0.25) is 0 Å². The number of nitro benzene ring substituents is 1. The molecule has 0 aliphatic heterocycles. The van der Waals surface area contributed by atoms with Gasteiger partial charge >= 0.3 is 0 Å². The normalized spacial score (nSPS) is 10.9. The standard InChI is InChI=1S/C12H19N3O2/c1-9(2)14(4)8-10-5-6-11(13-3)12(7-10)15(16)17/h5-7,9,13H,8H2,1-4H3. The Morgan fingerprint density at radius 2 is 2.12 bits per heavy atom. The molecule has 17 heavy (non-hydrogen) atoms. The average Bonchev–Trinajstić information content (AvgIpc) is 2.28. The molecule has 0 unspecified atom stereocenters. The Kier molecular flexibility index (Phi) is 4.45. The minimum atomic E-state index is -0.356. The predicted octanol–water partition coefficient (Wildman–Crippen LogP) is 2.48. The van der Waals surface area contributed by atoms with Gasteiger partial charge in [0.1, 0.15) is 5.69 Å². The number of rotatable bonds is 5. The fourth-order valence-corrected chi connectivity index (χ4v) is 1.51. The van der Waals surface area contributed by atoms with Gasteiger partial charge in [-0.15, -0.1) is 0 Å². The van der Waals surface area contributed by atoms with Crippen LogP contribution < -0.4 is 5.32 Å². The first-order valence-electron chi connectivity index (χ1n) is 5.61. The summed E-state index contributed by atoms with van der Waals surface area (Å²) in [6.07, 6.45) is 0. The van der Waals surface area contributed by atoms with Crippen molar-refractivity contribution in [2.24, 2.45) is 0 Å². The second-order valence-corrected chi connectivity index (χ2v) is 4.37. The summed E-state index contributed by atoms with van der Waals surface area (Å²) in [5.41, 5.74) is 1.63. The van der Waals surface area contributed by atoms with Crippen molar-refractivity contribution in [3.63, 3.8) is 0 Å². The third-order valence-corrected chi connectivity index (χ3v) is 2.84. The maximum absolute atomic E-state index is 10.9. The minimum Gasteiger partial charge on any atom is -0.383 e. The largest absolute Gasteiger partial charge is 0.383 e. The third kappa shape index (κ3) is 3.42. The van der Waals surface area contributed by atoms with Gasteiger partial charge in [0.15, 0.2) is 0 Å². The van der Waals surface area contributed by atoms with Crippen molar-refractivity contribution < 1.29 is 4.92 Å². The molecular formula is C12H19N3O2. The fraction of sp³-hybridized carbons (Fsp3) is 0.500. The lowest BCUT2D eigenvalue weighted by Gasteiger charge is -2.21. The predicted molar refractivity (Wildman–Crippen MR) is 69.2 cm³/mol. The lowest BCUT2D eigenvalue weighted by Crippen LogP contribution is -2.25. The fourth-order valence-electron chi connectivity index (χ4n) is 1.51. The van der Waals surface area contributed by atoms with Gasteiger partial charge in [0, 0.05) is 25.7 Å². The number of nitrogens with zero attached hydrogens (tertiary/aromatic N) is 2. The summed E-state index contributed by atoms with van der Waals surface area (Å²) < 4.78 is 0. The summed E-state index contributed by atoms with van der Waals surface area (Å²) in [4.78, 5) is 12.7. The van der Waals surface area contributed by atoms with E-state index >= 15 is 0 Å². The van der Waals surface area contributed by atoms with Crippen molar-refractivity contribution in [2.75, 3.05) is 19.4 Å². The van der Waals surface area contributed by atoms with Crippen LogP contribution in [0.3, 0.4) is 0 Å². The Bertz CT molecular complexity index is 405. The van der Waals surface area contributed by atoms with E-state index in [9.17, 15) is 10.1 Å². The van der Waals surface area contributed by atoms with Gasteiger partial charge in [-0.3, -0.25) is 15.0 Å². The van der Waals surface area contributed by atoms with Crippen molar-refractivity contribution in [3.8, 4) is 0 Å². The van der Waals surface area contributed by atoms with Crippen LogP contribution in [0.25, 0.3) is 0 Å². The van der Waals surface area contributed by atoms with E-state index in [-0.39, 0.29) is 10.6 Å². The van der Waals surface area contributed by atoms with Gasteiger partial charge in [-0.2, -0.15) is 0 Å². The smallest absolute Gasteiger partial charge is 0.292 e. The first kappa shape index (κ1) is 13.4. The Balaban J connectivity index is 2.96. The molecule has 1 rings (SSSR count). The number of benzene rings is 1. The molecule has 1 aromatic carbocycles. The first-order valence-corrected chi connectivity index (χ1v) is 5.61. The van der Waals surface area contributed by atoms with Gasteiger partial charge in [-0.25, -0.2) is 0 Å². The van der Waals surface area contributed by atoms with Crippen molar-refractivity contribution in [2.45, 2.75) is 26.4 Å². The molecule has 0 saturated carbocycles. The number of nitro groups is 1. The second-order valence-electron chi connectivity index (χ2n) is 4.37. The quantitative estimate of drug-likeness (QED) is 0.631. The molecule has 1 N–H and O–H groups in total. The van der Waals surface area contributed by atoms with E-state index in [1.807, 2.05) is 13.1 Å². The molecule has 0 bridgehead atoms. The lowest BCUT2D eigenvalue weighted by atomic mass is 10.1. The van der Waals surface area contributed by atoms with Crippen LogP contribution in [0.4, 0.5) is 11.4 Å². The summed E-state index contributed by atoms with van der Waals surface area (Å²) in [6, 6.07) is 5.71. The Hall–Kier alpha value is -1.62. The molecule has 0 amide bonds. The van der Waals surface area contributed by atoms with E-state index in [2.05, 4.69) is 24.1 Å². The van der Waals surface area contributed by atoms with Gasteiger partial charge in [0.25, 0.3) is 5.69 Å². The molecule has 0 atom stereocenters. The molecule has 0 aliphatic carbocycles. The number of anilines is 1. The van der Waals surface area contributed by atoms with Crippen LogP contribution in [0, 0.1) is 10.1 Å². The van der Waals surface area contributed by atoms with E-state index in [0.717, 1.165) is 5.56 Å². The van der Waals surface area contributed by atoms with E-state index < -0.39 is 0 Å². The van der Waals surface area contributed by atoms with Crippen LogP contribution in [-0.4, -0.2) is 30.0 Å². The molecule has 0 fully saturated rings. The molecule has 0 aromatic heterocycles. The molecule has 0 radical (unpaired) electrons. The van der Waals surface area contributed by atoms with E-state index in [4.69, 9.17) is 0 Å². The Morgan fingerprint density at radius 1 is 1.47 bits per heavy atom. The van der Waals surface area contributed by atoms with Crippen LogP contribution in [0.1, 0.15) is 19.4 Å². The Morgan fingerprint density at radius 3 is 2.59 bits per heavy atom. The summed E-state index contributed by atoms with van der Waals surface area (Å²) >= 11 is 0. The van der Waals surface area contributed by atoms with Gasteiger partial charge in [-0.1, -0.05) is 6.07 Å². The van der Waals surface area contributed by atoms with Gasteiger partial charge in [0.05, 0.1) is 4.92 Å². The highest BCUT2D eigenvalue weighted by Crippen LogP contribution is 2.25. The van der Waals surface area contributed by atoms with Crippen LogP contribution in [0.15, 0.2) is 18.2 Å². The highest BCUT2D eigenvalue weighted by Gasteiger charge is 2.14. The zero-order valence-corrected chi connectivity index (χ0v) is 10.7. The third-order valence-electron chi connectivity index (χ3n) is 2.84. The molecule has 0 saturated heterocycles. The van der Waals surface area contributed by atoms with Crippen molar-refractivity contribution in [1.29, 1.82) is 0 Å². The highest BCUT2D eigenvalue weighted by atomic mass is 16.6. The minimum absolute atomic E-state index is 0.127. The van der Waals surface area contributed by atoms with Gasteiger partial charge in [0.2, 0.25) is 0 Å². The summed E-state index contributed by atoms with van der Waals surface area (Å²) in [6.45, 7) is 4.90. The molecule has 0 spiro atoms. The molecule has 1 aromatic rings. The maximum atomic E-state index is 10.9. The number of hydrogen-bond acceptors (Lipinski definition) is 4. The van der Waals surface area contributed by atoms with Crippen LogP contribution in [0.5, 0.6) is 0 Å². The molecule has 5 nitrogen and oxygen atoms in total. The van der Waals surface area contributed by atoms with Gasteiger partial charge in [-0.05, 0) is 32.5 Å². The van der Waals surface area contributed by atoms with Crippen LogP contribution >= 0.6 is 0 Å². The van der Waals surface area contributed by atoms with E-state index in [1.165, 1.54) is 0 Å². The second kappa shape index (κ2) is 5.63. The summed E-state index contributed by atoms with van der Waals surface area (Å²) in [5.74, 6) is 0. The molecule has 0 heterocycles. The topological polar surface area (TPSA) is 58.4 Å². The monoisotopic (exact) mass is 237 g/mol. The SMILES string of the molecule is CNc1ccc(CN(C)C(C)C)cc1[N+](=O)[O-]. The molecule has 94 valence electrons. The van der Waals surface area contributed by atoms with E-state index in [1.54, 1.807) is 19.2 Å². The lowest BCUT2D eigenvalue weighted by molar-refractivity contribution is -0.384. The van der Waals surface area contributed by atoms with Gasteiger partial charge < -0.3 is 5.32 Å². The van der Waals surface area contributed by atoms with Crippen molar-refractivity contribution in [1.82, 2.24) is 4.90 Å². The van der Waals surface area contributed by atoms with E-state index in [0.29, 0.717) is 18.3 Å². The summed E-state index contributed by atoms with van der Waals surface area (Å²) in [5, 5.41) is 13.7. The summed E-state index contributed by atoms with van der Waals surface area (Å²) in [7, 11) is 3.69. The zero-order chi connectivity index (χ0) is 13.0. The molecule has 5 heteroatoms. The van der Waals surface area contributed by atoms with Crippen LogP contribution in [-0.2, 0) is 6.54 Å². The maximum Gasteiger partial charge on any atom is 0.292 e. The van der Waals surface area contributed by atoms with Crippen molar-refractivity contribution >= 4 is 11.4 Å². The average molecular weight is 237 g/mol. The first-order chi connectivity index (χ1) is 7.95. The van der Waals surface area contributed by atoms with Crippen molar-refractivity contribution in [3.05, 3.63) is 33.9 Å². The molecule has 0 aliphatic rings. The highest BCUT2D eigenvalue weighted by molar-refractivity contribution is 5.62.